The first-order valence-electron chi connectivity index (χ1n) is 5.88. The zero-order valence-corrected chi connectivity index (χ0v) is 12.5. The minimum atomic E-state index is -0.0131. The van der Waals surface area contributed by atoms with Crippen LogP contribution in [0.25, 0.3) is 0 Å². The molecule has 1 aromatic heterocycles. The number of halogens is 1. The fraction of sp³-hybridized carbons (Fsp3) is 0.667. The maximum atomic E-state index is 12.2. The molecule has 17 heavy (non-hydrogen) atoms. The summed E-state index contributed by atoms with van der Waals surface area (Å²) in [5.41, 5.74) is 2.41. The van der Waals surface area contributed by atoms with Gasteiger partial charge in [-0.05, 0) is 26.7 Å². The zero-order valence-electron chi connectivity index (χ0n) is 10.9. The third kappa shape index (κ3) is 3.31. The minimum Gasteiger partial charge on any atom is -0.349 e. The third-order valence-electron chi connectivity index (χ3n) is 3.02. The molecular formula is C12H20BrN3O. The summed E-state index contributed by atoms with van der Waals surface area (Å²) in [6, 6.07) is 0.223. The number of nitrogens with zero attached hydrogens (tertiary/aromatic N) is 2. The molecule has 1 N–H and O–H groups in total. The van der Waals surface area contributed by atoms with Gasteiger partial charge in [0.2, 0.25) is 0 Å². The normalized spacial score (nSPS) is 12.5. The van der Waals surface area contributed by atoms with E-state index in [9.17, 15) is 4.79 Å². The molecular weight excluding hydrogens is 282 g/mol. The Kier molecular flexibility index (Phi) is 5.18. The summed E-state index contributed by atoms with van der Waals surface area (Å²) in [6.45, 7) is 5.87. The topological polar surface area (TPSA) is 46.9 Å². The summed E-state index contributed by atoms with van der Waals surface area (Å²) in [7, 11) is 1.86. The van der Waals surface area contributed by atoms with E-state index in [0.29, 0.717) is 5.56 Å². The van der Waals surface area contributed by atoms with Gasteiger partial charge in [-0.15, -0.1) is 0 Å². The standard InChI is InChI=1S/C12H20BrN3O/c1-5-10(6-7-13)14-12(17)11-8(2)15-16(4)9(11)3/h10H,5-7H2,1-4H3,(H,14,17). The van der Waals surface area contributed by atoms with Crippen LogP contribution in [0.5, 0.6) is 0 Å². The van der Waals surface area contributed by atoms with Gasteiger partial charge in [0.25, 0.3) is 5.91 Å². The predicted octanol–water partition coefficient (Wildman–Crippen LogP) is 2.33. The Labute approximate surface area is 111 Å². The number of rotatable bonds is 5. The molecule has 0 radical (unpaired) electrons. The minimum absolute atomic E-state index is 0.0131. The summed E-state index contributed by atoms with van der Waals surface area (Å²) in [5.74, 6) is -0.0131. The van der Waals surface area contributed by atoms with E-state index in [0.717, 1.165) is 29.6 Å². The van der Waals surface area contributed by atoms with Gasteiger partial charge in [-0.2, -0.15) is 5.10 Å². The number of carbonyl (C=O) groups excluding carboxylic acids is 1. The van der Waals surface area contributed by atoms with Crippen LogP contribution < -0.4 is 5.32 Å². The van der Waals surface area contributed by atoms with Crippen LogP contribution in [-0.4, -0.2) is 27.1 Å². The molecule has 0 spiro atoms. The number of hydrogen-bond donors (Lipinski definition) is 1. The summed E-state index contributed by atoms with van der Waals surface area (Å²) in [6.07, 6.45) is 1.89. The molecule has 1 atom stereocenters. The maximum Gasteiger partial charge on any atom is 0.255 e. The lowest BCUT2D eigenvalue weighted by Crippen LogP contribution is -2.35. The van der Waals surface area contributed by atoms with Crippen LogP contribution in [0, 0.1) is 13.8 Å². The highest BCUT2D eigenvalue weighted by Gasteiger charge is 2.19. The molecule has 0 bridgehead atoms. The number of alkyl halides is 1. The third-order valence-corrected chi connectivity index (χ3v) is 3.48. The first-order valence-corrected chi connectivity index (χ1v) is 7.00. The lowest BCUT2D eigenvalue weighted by molar-refractivity contribution is 0.0934. The molecule has 5 heteroatoms. The quantitative estimate of drug-likeness (QED) is 0.849. The van der Waals surface area contributed by atoms with Crippen molar-refractivity contribution in [2.45, 2.75) is 39.7 Å². The van der Waals surface area contributed by atoms with Gasteiger partial charge >= 0.3 is 0 Å². The van der Waals surface area contributed by atoms with Crippen LogP contribution in [0.4, 0.5) is 0 Å². The van der Waals surface area contributed by atoms with E-state index in [1.54, 1.807) is 4.68 Å². The fourth-order valence-corrected chi connectivity index (χ4v) is 2.42. The van der Waals surface area contributed by atoms with Gasteiger partial charge in [0, 0.05) is 24.1 Å². The van der Waals surface area contributed by atoms with Gasteiger partial charge in [0.1, 0.15) is 0 Å². The van der Waals surface area contributed by atoms with Crippen molar-refractivity contribution in [3.05, 3.63) is 17.0 Å². The Bertz CT molecular complexity index is 401. The Hall–Kier alpha value is -0.840. The second kappa shape index (κ2) is 6.19. The molecule has 1 heterocycles. The molecule has 1 unspecified atom stereocenters. The summed E-state index contributed by atoms with van der Waals surface area (Å²) < 4.78 is 1.75. The van der Waals surface area contributed by atoms with E-state index in [2.05, 4.69) is 33.3 Å². The molecule has 1 rings (SSSR count). The van der Waals surface area contributed by atoms with Crippen molar-refractivity contribution in [2.24, 2.45) is 7.05 Å². The highest BCUT2D eigenvalue weighted by Crippen LogP contribution is 2.12. The second-order valence-electron chi connectivity index (χ2n) is 4.23. The molecule has 96 valence electrons. The summed E-state index contributed by atoms with van der Waals surface area (Å²) in [4.78, 5) is 12.2. The van der Waals surface area contributed by atoms with Gasteiger partial charge in [-0.25, -0.2) is 0 Å². The van der Waals surface area contributed by atoms with Crippen molar-refractivity contribution in [3.8, 4) is 0 Å². The molecule has 0 saturated carbocycles. The van der Waals surface area contributed by atoms with Crippen molar-refractivity contribution in [3.63, 3.8) is 0 Å². The van der Waals surface area contributed by atoms with Crippen LogP contribution in [-0.2, 0) is 7.05 Å². The highest BCUT2D eigenvalue weighted by molar-refractivity contribution is 9.09. The number of nitrogens with one attached hydrogen (secondary N) is 1. The van der Waals surface area contributed by atoms with Crippen molar-refractivity contribution < 1.29 is 4.79 Å². The molecule has 0 saturated heterocycles. The second-order valence-corrected chi connectivity index (χ2v) is 5.02. The van der Waals surface area contributed by atoms with Crippen molar-refractivity contribution in [2.75, 3.05) is 5.33 Å². The van der Waals surface area contributed by atoms with E-state index in [-0.39, 0.29) is 11.9 Å². The zero-order chi connectivity index (χ0) is 13.0. The maximum absolute atomic E-state index is 12.2. The number of hydrogen-bond acceptors (Lipinski definition) is 2. The average molecular weight is 302 g/mol. The molecule has 0 aromatic carbocycles. The summed E-state index contributed by atoms with van der Waals surface area (Å²) in [5, 5.41) is 8.21. The number of aryl methyl sites for hydroxylation is 2. The number of amides is 1. The largest absolute Gasteiger partial charge is 0.349 e. The van der Waals surface area contributed by atoms with Crippen LogP contribution in [0.15, 0.2) is 0 Å². The highest BCUT2D eigenvalue weighted by atomic mass is 79.9. The SMILES string of the molecule is CCC(CCBr)NC(=O)c1c(C)nn(C)c1C. The van der Waals surface area contributed by atoms with E-state index in [1.165, 1.54) is 0 Å². The van der Waals surface area contributed by atoms with Crippen molar-refractivity contribution >= 4 is 21.8 Å². The van der Waals surface area contributed by atoms with Gasteiger partial charge in [-0.3, -0.25) is 9.48 Å². The van der Waals surface area contributed by atoms with Gasteiger partial charge < -0.3 is 5.32 Å². The monoisotopic (exact) mass is 301 g/mol. The number of aromatic nitrogens is 2. The Morgan fingerprint density at radius 2 is 2.18 bits per heavy atom. The summed E-state index contributed by atoms with van der Waals surface area (Å²) >= 11 is 3.40. The molecule has 1 aromatic rings. The van der Waals surface area contributed by atoms with Crippen molar-refractivity contribution in [1.29, 1.82) is 0 Å². The lowest BCUT2D eigenvalue weighted by Gasteiger charge is -2.15. The average Bonchev–Trinajstić information content (AvgIpc) is 2.52. The van der Waals surface area contributed by atoms with Gasteiger partial charge in [0.15, 0.2) is 0 Å². The van der Waals surface area contributed by atoms with Crippen LogP contribution in [0.1, 0.15) is 41.5 Å². The number of carbonyl (C=O) groups is 1. The first-order chi connectivity index (χ1) is 8.01. The molecule has 0 aliphatic rings. The molecule has 1 amide bonds. The predicted molar refractivity (Wildman–Crippen MR) is 72.6 cm³/mol. The van der Waals surface area contributed by atoms with Crippen LogP contribution in [0.2, 0.25) is 0 Å². The van der Waals surface area contributed by atoms with Crippen LogP contribution >= 0.6 is 15.9 Å². The van der Waals surface area contributed by atoms with Gasteiger partial charge in [-0.1, -0.05) is 22.9 Å². The molecule has 0 aliphatic heterocycles. The van der Waals surface area contributed by atoms with Gasteiger partial charge in [0.05, 0.1) is 11.3 Å². The Balaban J connectivity index is 2.82. The van der Waals surface area contributed by atoms with E-state index < -0.39 is 0 Å². The molecule has 4 nitrogen and oxygen atoms in total. The lowest BCUT2D eigenvalue weighted by atomic mass is 10.1. The van der Waals surface area contributed by atoms with Crippen LogP contribution in [0.3, 0.4) is 0 Å². The fourth-order valence-electron chi connectivity index (χ4n) is 1.87. The molecule has 0 fully saturated rings. The van der Waals surface area contributed by atoms with E-state index in [1.807, 2.05) is 20.9 Å². The van der Waals surface area contributed by atoms with Crippen molar-refractivity contribution in [1.82, 2.24) is 15.1 Å². The smallest absolute Gasteiger partial charge is 0.255 e. The Morgan fingerprint density at radius 1 is 1.53 bits per heavy atom. The van der Waals surface area contributed by atoms with E-state index >= 15 is 0 Å². The first kappa shape index (κ1) is 14.2. The molecule has 0 aliphatic carbocycles. The Morgan fingerprint density at radius 3 is 2.59 bits per heavy atom. The van der Waals surface area contributed by atoms with E-state index in [4.69, 9.17) is 0 Å².